The molecule has 0 bridgehead atoms. The van der Waals surface area contributed by atoms with Crippen molar-refractivity contribution >= 4 is 11.9 Å². The Morgan fingerprint density at radius 2 is 2.25 bits per heavy atom. The molecule has 0 saturated carbocycles. The van der Waals surface area contributed by atoms with Gasteiger partial charge in [0.1, 0.15) is 11.4 Å². The van der Waals surface area contributed by atoms with Crippen molar-refractivity contribution in [3.63, 3.8) is 0 Å². The maximum Gasteiger partial charge on any atom is 0.283 e. The molecular formula is C9H9N5O2. The van der Waals surface area contributed by atoms with Crippen LogP contribution in [0.2, 0.25) is 0 Å². The van der Waals surface area contributed by atoms with Crippen LogP contribution < -0.4 is 17.0 Å². The summed E-state index contributed by atoms with van der Waals surface area (Å²) in [5.41, 5.74) is 7.95. The lowest BCUT2D eigenvalue weighted by Gasteiger charge is -2.02. The average Bonchev–Trinajstić information content (AvgIpc) is 2.80. The van der Waals surface area contributed by atoms with Gasteiger partial charge in [-0.05, 0) is 18.2 Å². The topological polar surface area (TPSA) is 120 Å². The summed E-state index contributed by atoms with van der Waals surface area (Å²) in [4.78, 5) is 19.0. The summed E-state index contributed by atoms with van der Waals surface area (Å²) in [5.74, 6) is 4.94. The summed E-state index contributed by atoms with van der Waals surface area (Å²) in [5, 5.41) is 0. The minimum Gasteiger partial charge on any atom is -0.463 e. The van der Waals surface area contributed by atoms with E-state index in [1.807, 2.05) is 5.43 Å². The normalized spacial score (nSPS) is 10.1. The molecular weight excluding hydrogens is 210 g/mol. The summed E-state index contributed by atoms with van der Waals surface area (Å²) in [6, 6.07) is 4.85. The molecule has 2 aromatic heterocycles. The molecule has 0 radical (unpaired) electrons. The summed E-state index contributed by atoms with van der Waals surface area (Å²) < 4.78 is 5.13. The van der Waals surface area contributed by atoms with Gasteiger partial charge in [0, 0.05) is 0 Å². The predicted octanol–water partition coefficient (Wildman–Crippen LogP) is -0.0777. The molecule has 0 aromatic carbocycles. The maximum atomic E-state index is 11.3. The Bertz CT molecular complexity index is 509. The van der Waals surface area contributed by atoms with Gasteiger partial charge in [-0.25, -0.2) is 15.8 Å². The van der Waals surface area contributed by atoms with E-state index < -0.39 is 5.91 Å². The molecule has 2 rings (SSSR count). The van der Waals surface area contributed by atoms with Crippen LogP contribution >= 0.6 is 0 Å². The zero-order valence-corrected chi connectivity index (χ0v) is 8.18. The van der Waals surface area contributed by atoms with Gasteiger partial charge in [-0.15, -0.1) is 0 Å². The van der Waals surface area contributed by atoms with Crippen molar-refractivity contribution in [2.75, 3.05) is 5.73 Å². The molecule has 16 heavy (non-hydrogen) atoms. The fourth-order valence-electron chi connectivity index (χ4n) is 1.21. The van der Waals surface area contributed by atoms with E-state index >= 15 is 0 Å². The van der Waals surface area contributed by atoms with Crippen LogP contribution in [-0.4, -0.2) is 15.9 Å². The number of carbonyl (C=O) groups is 1. The first kappa shape index (κ1) is 10.1. The van der Waals surface area contributed by atoms with Gasteiger partial charge in [0.05, 0.1) is 6.26 Å². The van der Waals surface area contributed by atoms with Crippen LogP contribution in [0.5, 0.6) is 0 Å². The van der Waals surface area contributed by atoms with Crippen LogP contribution in [0.25, 0.3) is 11.5 Å². The number of rotatable bonds is 2. The number of hydrazine groups is 1. The van der Waals surface area contributed by atoms with Crippen molar-refractivity contribution in [3.05, 3.63) is 30.2 Å². The zero-order valence-electron chi connectivity index (χ0n) is 8.18. The fraction of sp³-hybridized carbons (Fsp3) is 0. The Morgan fingerprint density at radius 1 is 1.44 bits per heavy atom. The van der Waals surface area contributed by atoms with Crippen molar-refractivity contribution in [2.24, 2.45) is 5.84 Å². The van der Waals surface area contributed by atoms with Gasteiger partial charge in [-0.1, -0.05) is 0 Å². The number of anilines is 1. The Hall–Kier alpha value is -2.41. The zero-order chi connectivity index (χ0) is 11.5. The Balaban J connectivity index is 2.48. The number of nitrogens with two attached hydrogens (primary N) is 2. The molecule has 82 valence electrons. The number of nitrogens with one attached hydrogen (secondary N) is 1. The number of nitrogens with zero attached hydrogens (tertiary/aromatic N) is 2. The third-order valence-corrected chi connectivity index (χ3v) is 1.88. The van der Waals surface area contributed by atoms with Crippen LogP contribution in [0.15, 0.2) is 28.9 Å². The Morgan fingerprint density at radius 3 is 2.88 bits per heavy atom. The number of hydrogen-bond donors (Lipinski definition) is 3. The van der Waals surface area contributed by atoms with Gasteiger partial charge in [0.2, 0.25) is 5.95 Å². The lowest BCUT2D eigenvalue weighted by Crippen LogP contribution is -2.31. The molecule has 5 N–H and O–H groups in total. The van der Waals surface area contributed by atoms with Gasteiger partial charge < -0.3 is 10.2 Å². The first-order chi connectivity index (χ1) is 7.70. The summed E-state index contributed by atoms with van der Waals surface area (Å²) in [6.45, 7) is 0. The summed E-state index contributed by atoms with van der Waals surface area (Å²) in [6.07, 6.45) is 1.50. The number of furan rings is 1. The van der Waals surface area contributed by atoms with Crippen LogP contribution in [0.3, 0.4) is 0 Å². The highest BCUT2D eigenvalue weighted by atomic mass is 16.3. The first-order valence-corrected chi connectivity index (χ1v) is 4.40. The second kappa shape index (κ2) is 3.99. The molecule has 0 saturated heterocycles. The molecule has 0 aliphatic rings. The van der Waals surface area contributed by atoms with Gasteiger partial charge in [0.25, 0.3) is 5.91 Å². The Kier molecular flexibility index (Phi) is 2.52. The SMILES string of the molecule is NNC(=O)c1cc(-c2ccco2)nc(N)n1. The predicted molar refractivity (Wildman–Crippen MR) is 55.8 cm³/mol. The standard InChI is InChI=1S/C9H9N5O2/c10-9-12-5(7-2-1-3-16-7)4-6(13-9)8(15)14-11/h1-4H,11H2,(H,14,15)(H2,10,12,13). The second-order valence-corrected chi connectivity index (χ2v) is 2.95. The average molecular weight is 219 g/mol. The maximum absolute atomic E-state index is 11.3. The Labute approximate surface area is 90.4 Å². The summed E-state index contributed by atoms with van der Waals surface area (Å²) >= 11 is 0. The van der Waals surface area contributed by atoms with E-state index in [1.165, 1.54) is 12.3 Å². The van der Waals surface area contributed by atoms with Crippen molar-refractivity contribution in [2.45, 2.75) is 0 Å². The van der Waals surface area contributed by atoms with E-state index in [1.54, 1.807) is 12.1 Å². The quantitative estimate of drug-likeness (QED) is 0.369. The third kappa shape index (κ3) is 1.84. The number of aromatic nitrogens is 2. The van der Waals surface area contributed by atoms with Crippen molar-refractivity contribution < 1.29 is 9.21 Å². The minimum absolute atomic E-state index is 0.0208. The van der Waals surface area contributed by atoms with E-state index in [0.29, 0.717) is 11.5 Å². The highest BCUT2D eigenvalue weighted by Gasteiger charge is 2.11. The molecule has 0 fully saturated rings. The second-order valence-electron chi connectivity index (χ2n) is 2.95. The monoisotopic (exact) mass is 219 g/mol. The smallest absolute Gasteiger partial charge is 0.283 e. The molecule has 2 aromatic rings. The number of carbonyl (C=O) groups excluding carboxylic acids is 1. The molecule has 0 aliphatic carbocycles. The number of nitrogen functional groups attached to an aromatic ring is 2. The van der Waals surface area contributed by atoms with Crippen LogP contribution in [-0.2, 0) is 0 Å². The largest absolute Gasteiger partial charge is 0.463 e. The number of hydrogen-bond acceptors (Lipinski definition) is 6. The minimum atomic E-state index is -0.540. The van der Waals surface area contributed by atoms with E-state index in [-0.39, 0.29) is 11.6 Å². The highest BCUT2D eigenvalue weighted by molar-refractivity contribution is 5.92. The van der Waals surface area contributed by atoms with E-state index in [9.17, 15) is 4.79 Å². The van der Waals surface area contributed by atoms with Crippen LogP contribution in [0, 0.1) is 0 Å². The fourth-order valence-corrected chi connectivity index (χ4v) is 1.21. The summed E-state index contributed by atoms with van der Waals surface area (Å²) in [7, 11) is 0. The van der Waals surface area contributed by atoms with Crippen molar-refractivity contribution in [1.82, 2.24) is 15.4 Å². The molecule has 2 heterocycles. The highest BCUT2D eigenvalue weighted by Crippen LogP contribution is 2.18. The molecule has 1 amide bonds. The first-order valence-electron chi connectivity index (χ1n) is 4.40. The molecule has 0 atom stereocenters. The van der Waals surface area contributed by atoms with E-state index in [4.69, 9.17) is 16.0 Å². The molecule has 0 unspecified atom stereocenters. The van der Waals surface area contributed by atoms with Gasteiger partial charge in [0.15, 0.2) is 5.76 Å². The van der Waals surface area contributed by atoms with Crippen molar-refractivity contribution in [1.29, 1.82) is 0 Å². The van der Waals surface area contributed by atoms with Gasteiger partial charge in [-0.3, -0.25) is 10.2 Å². The molecule has 7 nitrogen and oxygen atoms in total. The molecule has 0 spiro atoms. The van der Waals surface area contributed by atoms with Crippen LogP contribution in [0.4, 0.5) is 5.95 Å². The van der Waals surface area contributed by atoms with Crippen LogP contribution in [0.1, 0.15) is 10.5 Å². The molecule has 0 aliphatic heterocycles. The van der Waals surface area contributed by atoms with E-state index in [2.05, 4.69) is 9.97 Å². The lowest BCUT2D eigenvalue weighted by atomic mass is 10.2. The lowest BCUT2D eigenvalue weighted by molar-refractivity contribution is 0.0948. The van der Waals surface area contributed by atoms with Gasteiger partial charge >= 0.3 is 0 Å². The third-order valence-electron chi connectivity index (χ3n) is 1.88. The van der Waals surface area contributed by atoms with E-state index in [0.717, 1.165) is 0 Å². The van der Waals surface area contributed by atoms with Crippen molar-refractivity contribution in [3.8, 4) is 11.5 Å². The van der Waals surface area contributed by atoms with Gasteiger partial charge in [-0.2, -0.15) is 0 Å². The number of amides is 1. The molecule has 7 heteroatoms.